The molecule has 0 amide bonds. The maximum Gasteiger partial charge on any atom is 0.417 e. The molecule has 3 aromatic rings. The maximum atomic E-state index is 11.2. The Morgan fingerprint density at radius 3 is 2.86 bits per heavy atom. The summed E-state index contributed by atoms with van der Waals surface area (Å²) >= 11 is 3.42. The minimum atomic E-state index is -0.506. The first kappa shape index (κ1) is 13.6. The van der Waals surface area contributed by atoms with Gasteiger partial charge in [-0.3, -0.25) is 4.98 Å². The minimum absolute atomic E-state index is 0.430. The Morgan fingerprint density at radius 2 is 2.14 bits per heavy atom. The summed E-state index contributed by atoms with van der Waals surface area (Å²) < 4.78 is 11.0. The third-order valence-corrected chi connectivity index (χ3v) is 3.64. The van der Waals surface area contributed by atoms with Crippen LogP contribution in [-0.2, 0) is 0 Å². The van der Waals surface area contributed by atoms with Crippen LogP contribution in [0.2, 0.25) is 0 Å². The molecule has 0 saturated carbocycles. The Kier molecular flexibility index (Phi) is 3.34. The molecule has 0 aliphatic rings. The number of hydrogen-bond donors (Lipinski definition) is 3. The van der Waals surface area contributed by atoms with E-state index < -0.39 is 5.76 Å². The van der Waals surface area contributed by atoms with E-state index in [1.165, 1.54) is 0 Å². The number of ether oxygens (including phenoxy) is 1. The van der Waals surface area contributed by atoms with Gasteiger partial charge in [-0.1, -0.05) is 0 Å². The van der Waals surface area contributed by atoms with Gasteiger partial charge in [-0.2, -0.15) is 0 Å². The van der Waals surface area contributed by atoms with Crippen molar-refractivity contribution in [3.05, 3.63) is 45.4 Å². The summed E-state index contributed by atoms with van der Waals surface area (Å²) in [5.41, 5.74) is 8.97. The molecule has 0 saturated heterocycles. The van der Waals surface area contributed by atoms with E-state index in [2.05, 4.69) is 26.2 Å². The van der Waals surface area contributed by atoms with Gasteiger partial charge < -0.3 is 20.2 Å². The first-order valence-electron chi connectivity index (χ1n) is 6.10. The number of oxazole rings is 1. The van der Waals surface area contributed by atoms with Crippen molar-refractivity contribution < 1.29 is 9.15 Å². The van der Waals surface area contributed by atoms with Crippen molar-refractivity contribution in [2.24, 2.45) is 0 Å². The number of nitrogens with two attached hydrogens (primary N) is 1. The lowest BCUT2D eigenvalue weighted by Gasteiger charge is -2.11. The van der Waals surface area contributed by atoms with Crippen molar-refractivity contribution in [2.45, 2.75) is 0 Å². The minimum Gasteiger partial charge on any atom is -0.496 e. The zero-order valence-electron chi connectivity index (χ0n) is 11.1. The maximum absolute atomic E-state index is 11.2. The molecule has 0 radical (unpaired) electrons. The van der Waals surface area contributed by atoms with E-state index in [1.807, 2.05) is 18.2 Å². The zero-order chi connectivity index (χ0) is 15.0. The summed E-state index contributed by atoms with van der Waals surface area (Å²) in [5, 5.41) is 3.19. The lowest BCUT2D eigenvalue weighted by Crippen LogP contribution is -1.97. The van der Waals surface area contributed by atoms with Gasteiger partial charge in [0.2, 0.25) is 0 Å². The highest BCUT2D eigenvalue weighted by Gasteiger charge is 2.08. The summed E-state index contributed by atoms with van der Waals surface area (Å²) in [6.45, 7) is 0. The van der Waals surface area contributed by atoms with Crippen LogP contribution >= 0.6 is 15.9 Å². The number of aromatic amines is 1. The Labute approximate surface area is 128 Å². The molecule has 0 fully saturated rings. The Hall–Kier alpha value is -2.41. The van der Waals surface area contributed by atoms with Gasteiger partial charge in [-0.15, -0.1) is 0 Å². The topological polar surface area (TPSA) is 93.3 Å². The molecule has 1 aromatic heterocycles. The summed E-state index contributed by atoms with van der Waals surface area (Å²) in [6.07, 6.45) is 0. The first-order chi connectivity index (χ1) is 10.1. The van der Waals surface area contributed by atoms with E-state index in [9.17, 15) is 4.79 Å². The average molecular weight is 350 g/mol. The molecule has 2 aromatic carbocycles. The van der Waals surface area contributed by atoms with E-state index >= 15 is 0 Å². The normalized spacial score (nSPS) is 10.8. The molecule has 0 aliphatic carbocycles. The predicted octanol–water partition coefficient (Wildman–Crippen LogP) is 3.22. The number of nitrogens with one attached hydrogen (secondary N) is 2. The summed E-state index contributed by atoms with van der Waals surface area (Å²) in [5.74, 6) is 0.233. The summed E-state index contributed by atoms with van der Waals surface area (Å²) in [6, 6.07) is 8.91. The van der Waals surface area contributed by atoms with Gasteiger partial charge in [0, 0.05) is 11.8 Å². The van der Waals surface area contributed by atoms with Gasteiger partial charge in [-0.25, -0.2) is 4.79 Å². The standard InChI is InChI=1S/C14H12BrN3O3/c1-20-12-3-2-7(4-8(12)15)17-10-6-11-13(5-9(10)16)21-14(19)18-11/h2-6,17H,16H2,1H3,(H,18,19). The van der Waals surface area contributed by atoms with Crippen LogP contribution < -0.4 is 21.5 Å². The van der Waals surface area contributed by atoms with Crippen molar-refractivity contribution >= 4 is 44.1 Å². The Balaban J connectivity index is 1.99. The van der Waals surface area contributed by atoms with Crippen molar-refractivity contribution in [1.29, 1.82) is 0 Å². The number of hydrogen-bond acceptors (Lipinski definition) is 5. The van der Waals surface area contributed by atoms with Gasteiger partial charge in [0.1, 0.15) is 5.75 Å². The second kappa shape index (κ2) is 5.17. The number of aromatic nitrogens is 1. The molecule has 0 spiro atoms. The van der Waals surface area contributed by atoms with E-state index in [0.717, 1.165) is 15.9 Å². The summed E-state index contributed by atoms with van der Waals surface area (Å²) in [7, 11) is 1.61. The fraction of sp³-hybridized carbons (Fsp3) is 0.0714. The Bertz CT molecular complexity index is 870. The third-order valence-electron chi connectivity index (χ3n) is 3.02. The molecule has 0 unspecified atom stereocenters. The van der Waals surface area contributed by atoms with Crippen molar-refractivity contribution in [2.75, 3.05) is 18.2 Å². The molecule has 0 bridgehead atoms. The summed E-state index contributed by atoms with van der Waals surface area (Å²) in [4.78, 5) is 13.8. The largest absolute Gasteiger partial charge is 0.496 e. The molecule has 0 aliphatic heterocycles. The van der Waals surface area contributed by atoms with Crippen LogP contribution in [0.25, 0.3) is 11.1 Å². The smallest absolute Gasteiger partial charge is 0.417 e. The molecule has 3 rings (SSSR count). The third kappa shape index (κ3) is 2.59. The van der Waals surface area contributed by atoms with Crippen molar-refractivity contribution in [3.63, 3.8) is 0 Å². The molecule has 21 heavy (non-hydrogen) atoms. The molecule has 0 atom stereocenters. The number of halogens is 1. The first-order valence-corrected chi connectivity index (χ1v) is 6.89. The fourth-order valence-corrected chi connectivity index (χ4v) is 2.56. The van der Waals surface area contributed by atoms with Crippen LogP contribution in [0.4, 0.5) is 17.1 Å². The van der Waals surface area contributed by atoms with E-state index in [0.29, 0.717) is 22.5 Å². The number of methoxy groups -OCH3 is 1. The molecular weight excluding hydrogens is 338 g/mol. The van der Waals surface area contributed by atoms with Crippen LogP contribution in [-0.4, -0.2) is 12.1 Å². The SMILES string of the molecule is COc1ccc(Nc2cc3[nH]c(=O)oc3cc2N)cc1Br. The van der Waals surface area contributed by atoms with Crippen LogP contribution in [0.15, 0.2) is 44.0 Å². The molecule has 6 nitrogen and oxygen atoms in total. The van der Waals surface area contributed by atoms with Crippen LogP contribution in [0.3, 0.4) is 0 Å². The van der Waals surface area contributed by atoms with Crippen molar-refractivity contribution in [3.8, 4) is 5.75 Å². The molecule has 1 heterocycles. The predicted molar refractivity (Wildman–Crippen MR) is 85.2 cm³/mol. The number of anilines is 3. The van der Waals surface area contributed by atoms with Gasteiger partial charge >= 0.3 is 5.76 Å². The number of H-pyrrole nitrogens is 1. The van der Waals surface area contributed by atoms with E-state index in [1.54, 1.807) is 19.2 Å². The second-order valence-corrected chi connectivity index (χ2v) is 5.28. The zero-order valence-corrected chi connectivity index (χ0v) is 12.7. The Morgan fingerprint density at radius 1 is 1.33 bits per heavy atom. The highest BCUT2D eigenvalue weighted by molar-refractivity contribution is 9.10. The fourth-order valence-electron chi connectivity index (χ4n) is 2.02. The molecule has 108 valence electrons. The van der Waals surface area contributed by atoms with Crippen LogP contribution in [0, 0.1) is 0 Å². The van der Waals surface area contributed by atoms with E-state index in [4.69, 9.17) is 14.9 Å². The van der Waals surface area contributed by atoms with E-state index in [-0.39, 0.29) is 0 Å². The highest BCUT2D eigenvalue weighted by Crippen LogP contribution is 2.32. The van der Waals surface area contributed by atoms with Crippen LogP contribution in [0.1, 0.15) is 0 Å². The van der Waals surface area contributed by atoms with Crippen LogP contribution in [0.5, 0.6) is 5.75 Å². The lowest BCUT2D eigenvalue weighted by atomic mass is 10.2. The van der Waals surface area contributed by atoms with Crippen molar-refractivity contribution in [1.82, 2.24) is 4.98 Å². The van der Waals surface area contributed by atoms with Gasteiger partial charge in [-0.05, 0) is 40.2 Å². The second-order valence-electron chi connectivity index (χ2n) is 4.42. The number of rotatable bonds is 3. The monoisotopic (exact) mass is 349 g/mol. The lowest BCUT2D eigenvalue weighted by molar-refractivity contribution is 0.412. The van der Waals surface area contributed by atoms with Gasteiger partial charge in [0.15, 0.2) is 5.58 Å². The highest BCUT2D eigenvalue weighted by atomic mass is 79.9. The van der Waals surface area contributed by atoms with Gasteiger partial charge in [0.05, 0.1) is 28.5 Å². The number of nitrogen functional groups attached to an aromatic ring is 1. The number of benzene rings is 2. The average Bonchev–Trinajstić information content (AvgIpc) is 2.78. The number of fused-ring (bicyclic) bond motifs is 1. The molecule has 7 heteroatoms. The quantitative estimate of drug-likeness (QED) is 0.631. The molecular formula is C14H12BrN3O3. The molecule has 4 N–H and O–H groups in total. The van der Waals surface area contributed by atoms with Gasteiger partial charge in [0.25, 0.3) is 0 Å².